The third-order valence-corrected chi connectivity index (χ3v) is 10.2. The third kappa shape index (κ3) is 1.74. The number of aromatic amines is 1. The highest BCUT2D eigenvalue weighted by molar-refractivity contribution is 5.97. The van der Waals surface area contributed by atoms with Gasteiger partial charge in [-0.3, -0.25) is 9.59 Å². The molecule has 1 saturated heterocycles. The van der Waals surface area contributed by atoms with Gasteiger partial charge >= 0.3 is 0 Å². The SMILES string of the molecule is O=C(c1ccc2nc[nH]c2c1)N1CCN(C(=O)C2C3C4CC5C6C4CC3C6C52)CC1. The average Bonchev–Trinajstić information content (AvgIpc) is 3.47. The van der Waals surface area contributed by atoms with E-state index in [1.807, 2.05) is 23.1 Å². The molecule has 2 bridgehead atoms. The van der Waals surface area contributed by atoms with Crippen molar-refractivity contribution in [1.82, 2.24) is 19.8 Å². The number of aromatic nitrogens is 2. The summed E-state index contributed by atoms with van der Waals surface area (Å²) in [6.07, 6.45) is 4.52. The standard InChI is InChI=1S/C24H26N4O2/c29-23(11-1-2-16-17(7-11)26-10-25-16)27-3-5-28(6-4-27)24(30)22-19-13-9-14-18-12(13)8-15(19)20(18)21(14)22/h1-2,7,10,12-15,18-22H,3-6,8-9H2,(H,25,26). The van der Waals surface area contributed by atoms with Crippen molar-refractivity contribution in [2.24, 2.45) is 53.3 Å². The number of nitrogens with one attached hydrogen (secondary N) is 1. The van der Waals surface area contributed by atoms with E-state index < -0.39 is 0 Å². The second kappa shape index (κ2) is 5.27. The number of amides is 2. The van der Waals surface area contributed by atoms with Crippen LogP contribution in [0.15, 0.2) is 24.5 Å². The van der Waals surface area contributed by atoms with E-state index in [9.17, 15) is 9.59 Å². The average molecular weight is 402 g/mol. The van der Waals surface area contributed by atoms with E-state index in [4.69, 9.17) is 0 Å². The van der Waals surface area contributed by atoms with Crippen molar-refractivity contribution in [2.45, 2.75) is 12.8 Å². The van der Waals surface area contributed by atoms with Gasteiger partial charge in [-0.15, -0.1) is 0 Å². The predicted molar refractivity (Wildman–Crippen MR) is 109 cm³/mol. The van der Waals surface area contributed by atoms with Crippen molar-refractivity contribution in [3.8, 4) is 0 Å². The van der Waals surface area contributed by atoms with Crippen molar-refractivity contribution in [3.63, 3.8) is 0 Å². The molecule has 1 aromatic carbocycles. The number of imidazole rings is 1. The molecule has 2 amide bonds. The molecule has 5 aliphatic carbocycles. The van der Waals surface area contributed by atoms with Crippen LogP contribution in [0, 0.1) is 53.3 Å². The fourth-order valence-electron chi connectivity index (χ4n) is 9.39. The fourth-order valence-corrected chi connectivity index (χ4v) is 9.39. The number of hydrogen-bond donors (Lipinski definition) is 1. The molecule has 1 aromatic heterocycles. The highest BCUT2D eigenvalue weighted by atomic mass is 16.2. The van der Waals surface area contributed by atoms with E-state index in [-0.39, 0.29) is 5.91 Å². The van der Waals surface area contributed by atoms with Crippen LogP contribution in [0.4, 0.5) is 0 Å². The van der Waals surface area contributed by atoms with Gasteiger partial charge in [0.2, 0.25) is 5.91 Å². The smallest absolute Gasteiger partial charge is 0.254 e. The summed E-state index contributed by atoms with van der Waals surface area (Å²) in [6.45, 7) is 2.64. The Morgan fingerprint density at radius 1 is 0.867 bits per heavy atom. The first-order chi connectivity index (χ1) is 14.7. The topological polar surface area (TPSA) is 69.3 Å². The highest BCUT2D eigenvalue weighted by Crippen LogP contribution is 2.84. The lowest BCUT2D eigenvalue weighted by atomic mass is 9.57. The molecule has 30 heavy (non-hydrogen) atoms. The minimum absolute atomic E-state index is 0.0548. The number of carbonyl (C=O) groups is 2. The lowest BCUT2D eigenvalue weighted by Crippen LogP contribution is -2.55. The Hall–Kier alpha value is -2.37. The number of rotatable bonds is 2. The summed E-state index contributed by atoms with van der Waals surface area (Å²) >= 11 is 0. The Morgan fingerprint density at radius 3 is 2.43 bits per heavy atom. The minimum Gasteiger partial charge on any atom is -0.345 e. The monoisotopic (exact) mass is 402 g/mol. The number of benzene rings is 1. The zero-order chi connectivity index (χ0) is 19.7. The Labute approximate surface area is 175 Å². The molecule has 9 atom stereocenters. The fraction of sp³-hybridized carbons (Fsp3) is 0.625. The van der Waals surface area contributed by atoms with Crippen LogP contribution in [0.1, 0.15) is 23.2 Å². The number of nitrogens with zero attached hydrogens (tertiary/aromatic N) is 3. The molecule has 6 heteroatoms. The zero-order valence-electron chi connectivity index (χ0n) is 16.9. The molecular weight excluding hydrogens is 376 g/mol. The molecular formula is C24H26N4O2. The largest absolute Gasteiger partial charge is 0.345 e. The van der Waals surface area contributed by atoms with Gasteiger partial charge in [-0.05, 0) is 78.4 Å². The van der Waals surface area contributed by atoms with E-state index in [1.165, 1.54) is 12.8 Å². The number of H-pyrrole nitrogens is 1. The van der Waals surface area contributed by atoms with Gasteiger partial charge < -0.3 is 14.8 Å². The van der Waals surface area contributed by atoms with Crippen molar-refractivity contribution >= 4 is 22.8 Å². The quantitative estimate of drug-likeness (QED) is 0.838. The first-order valence-electron chi connectivity index (χ1n) is 11.7. The van der Waals surface area contributed by atoms with Crippen LogP contribution in [-0.4, -0.2) is 57.8 Å². The third-order valence-electron chi connectivity index (χ3n) is 10.2. The van der Waals surface area contributed by atoms with Crippen molar-refractivity contribution < 1.29 is 9.59 Å². The van der Waals surface area contributed by atoms with E-state index in [0.717, 1.165) is 46.5 Å². The van der Waals surface area contributed by atoms with E-state index in [2.05, 4.69) is 14.9 Å². The molecule has 1 aliphatic heterocycles. The Morgan fingerprint density at radius 2 is 1.60 bits per heavy atom. The van der Waals surface area contributed by atoms with Gasteiger partial charge in [0.1, 0.15) is 0 Å². The van der Waals surface area contributed by atoms with Crippen molar-refractivity contribution in [3.05, 3.63) is 30.1 Å². The maximum absolute atomic E-state index is 13.6. The van der Waals surface area contributed by atoms with Gasteiger partial charge in [-0.1, -0.05) is 0 Å². The number of carbonyl (C=O) groups excluding carboxylic acids is 2. The molecule has 1 N–H and O–H groups in total. The van der Waals surface area contributed by atoms with Crippen LogP contribution in [0.5, 0.6) is 0 Å². The summed E-state index contributed by atoms with van der Waals surface area (Å²) < 4.78 is 0. The van der Waals surface area contributed by atoms with Gasteiger partial charge in [-0.2, -0.15) is 0 Å². The predicted octanol–water partition coefficient (Wildman–Crippen LogP) is 2.24. The van der Waals surface area contributed by atoms with Gasteiger partial charge in [0.05, 0.1) is 17.4 Å². The highest BCUT2D eigenvalue weighted by Gasteiger charge is 2.81. The number of hydrogen-bond acceptors (Lipinski definition) is 3. The van der Waals surface area contributed by atoms with Crippen LogP contribution in [0.25, 0.3) is 11.0 Å². The summed E-state index contributed by atoms with van der Waals surface area (Å²) in [5.74, 6) is 7.72. The van der Waals surface area contributed by atoms with Gasteiger partial charge in [0, 0.05) is 37.7 Å². The van der Waals surface area contributed by atoms with E-state index >= 15 is 0 Å². The number of piperazine rings is 1. The summed E-state index contributed by atoms with van der Waals surface area (Å²) in [5.41, 5.74) is 2.45. The van der Waals surface area contributed by atoms with E-state index in [0.29, 0.717) is 55.4 Å². The maximum atomic E-state index is 13.6. The molecule has 2 aromatic rings. The summed E-state index contributed by atoms with van der Waals surface area (Å²) in [7, 11) is 0. The summed E-state index contributed by atoms with van der Waals surface area (Å²) in [4.78, 5) is 37.9. The molecule has 5 saturated carbocycles. The van der Waals surface area contributed by atoms with Crippen LogP contribution in [-0.2, 0) is 4.79 Å². The summed E-state index contributed by atoms with van der Waals surface area (Å²) in [5, 5.41) is 0. The number of fused-ring (bicyclic) bond motifs is 3. The normalized spacial score (nSPS) is 44.3. The molecule has 6 nitrogen and oxygen atoms in total. The first-order valence-corrected chi connectivity index (χ1v) is 11.7. The molecule has 0 spiro atoms. The maximum Gasteiger partial charge on any atom is 0.254 e. The van der Waals surface area contributed by atoms with Gasteiger partial charge in [-0.25, -0.2) is 4.98 Å². The lowest BCUT2D eigenvalue weighted by molar-refractivity contribution is -0.145. The molecule has 8 rings (SSSR count). The second-order valence-electron chi connectivity index (χ2n) is 10.7. The Bertz CT molecular complexity index is 1100. The molecule has 6 aliphatic rings. The Balaban J connectivity index is 0.980. The van der Waals surface area contributed by atoms with Crippen molar-refractivity contribution in [1.29, 1.82) is 0 Å². The van der Waals surface area contributed by atoms with Crippen LogP contribution in [0.2, 0.25) is 0 Å². The molecule has 6 fully saturated rings. The second-order valence-corrected chi connectivity index (χ2v) is 10.7. The van der Waals surface area contributed by atoms with E-state index in [1.54, 1.807) is 6.33 Å². The molecule has 0 radical (unpaired) electrons. The van der Waals surface area contributed by atoms with Crippen molar-refractivity contribution in [2.75, 3.05) is 26.2 Å². The summed E-state index contributed by atoms with van der Waals surface area (Å²) in [6, 6.07) is 5.62. The molecule has 9 unspecified atom stereocenters. The van der Waals surface area contributed by atoms with Gasteiger partial charge in [0.15, 0.2) is 0 Å². The Kier molecular flexibility index (Phi) is 2.87. The zero-order valence-corrected chi connectivity index (χ0v) is 16.9. The molecule has 154 valence electrons. The lowest BCUT2D eigenvalue weighted by Gasteiger charge is -2.48. The van der Waals surface area contributed by atoms with Crippen LogP contribution < -0.4 is 0 Å². The van der Waals surface area contributed by atoms with Gasteiger partial charge in [0.25, 0.3) is 5.91 Å². The van der Waals surface area contributed by atoms with Crippen LogP contribution >= 0.6 is 0 Å². The molecule has 2 heterocycles. The van der Waals surface area contributed by atoms with Crippen LogP contribution in [0.3, 0.4) is 0 Å². The first kappa shape index (κ1) is 16.3. The minimum atomic E-state index is 0.0548.